The van der Waals surface area contributed by atoms with E-state index in [-0.39, 0.29) is 0 Å². The Bertz CT molecular complexity index is 545. The first-order valence-electron chi connectivity index (χ1n) is 8.02. The van der Waals surface area contributed by atoms with Crippen LogP contribution in [0.2, 0.25) is 0 Å². The van der Waals surface area contributed by atoms with Crippen molar-refractivity contribution >= 4 is 0 Å². The van der Waals surface area contributed by atoms with Gasteiger partial charge in [-0.25, -0.2) is 20.9 Å². The average Bonchev–Trinajstić information content (AvgIpc) is 3.46. The molecule has 4 unspecified atom stereocenters. The maximum absolute atomic E-state index is 3.44. The Hall–Kier alpha value is -1.72. The first kappa shape index (κ1) is 13.9. The Balaban J connectivity index is 1.16. The Kier molecular flexibility index (Phi) is 3.91. The van der Waals surface area contributed by atoms with E-state index in [1.807, 2.05) is 0 Å². The van der Waals surface area contributed by atoms with Crippen molar-refractivity contribution in [1.82, 2.24) is 20.9 Å². The molecule has 4 rings (SSSR count). The van der Waals surface area contributed by atoms with E-state index in [1.54, 1.807) is 0 Å². The van der Waals surface area contributed by atoms with Crippen molar-refractivity contribution in [3.8, 4) is 0 Å². The molecule has 0 aliphatic carbocycles. The molecule has 0 saturated carbocycles. The van der Waals surface area contributed by atoms with E-state index in [9.17, 15) is 0 Å². The summed E-state index contributed by atoms with van der Waals surface area (Å²) in [6.07, 6.45) is 3.19. The summed E-state index contributed by atoms with van der Waals surface area (Å²) in [4.78, 5) is 0. The fourth-order valence-electron chi connectivity index (χ4n) is 2.96. The minimum absolute atomic E-state index is 0.509. The predicted octanol–water partition coefficient (Wildman–Crippen LogP) is 1.76. The third-order valence-electron chi connectivity index (χ3n) is 4.37. The zero-order valence-corrected chi connectivity index (χ0v) is 12.7. The van der Waals surface area contributed by atoms with Gasteiger partial charge in [-0.15, -0.1) is 0 Å². The summed E-state index contributed by atoms with van der Waals surface area (Å²) in [7, 11) is 0. The summed E-state index contributed by atoms with van der Waals surface area (Å²) in [5.41, 5.74) is 9.68. The van der Waals surface area contributed by atoms with E-state index in [4.69, 9.17) is 0 Å². The van der Waals surface area contributed by atoms with Crippen molar-refractivity contribution in [3.63, 3.8) is 0 Å². The van der Waals surface area contributed by atoms with Gasteiger partial charge in [-0.05, 0) is 11.1 Å². The van der Waals surface area contributed by atoms with Gasteiger partial charge in [-0.2, -0.15) is 0 Å². The molecule has 2 N–H and O–H groups in total. The molecule has 2 aromatic rings. The van der Waals surface area contributed by atoms with Gasteiger partial charge < -0.3 is 0 Å². The molecule has 2 aliphatic heterocycles. The molecule has 4 heteroatoms. The van der Waals surface area contributed by atoms with Crippen LogP contribution >= 0.6 is 0 Å². The molecular formula is C18H22N4. The third kappa shape index (κ3) is 3.54. The second-order valence-electron chi connectivity index (χ2n) is 6.06. The normalized spacial score (nSPS) is 29.3. The Morgan fingerprint density at radius 2 is 1.05 bits per heavy atom. The molecule has 0 bridgehead atoms. The largest absolute Gasteiger partial charge is 0.235 e. The lowest BCUT2D eigenvalue weighted by Crippen LogP contribution is -2.18. The summed E-state index contributed by atoms with van der Waals surface area (Å²) in [5, 5.41) is 4.65. The standard InChI is InChI=1S/C18H22N4/c1-3-7-15(8-4-1)13-17-19-21(17)11-12-22-18(20-22)14-16-9-5-2-6-10-16/h1-10,17-20H,11-14H2. The van der Waals surface area contributed by atoms with Gasteiger partial charge in [0.15, 0.2) is 0 Å². The van der Waals surface area contributed by atoms with Gasteiger partial charge in [0, 0.05) is 25.9 Å². The first-order chi connectivity index (χ1) is 10.9. The van der Waals surface area contributed by atoms with Crippen LogP contribution in [-0.2, 0) is 12.8 Å². The highest BCUT2D eigenvalue weighted by Crippen LogP contribution is 2.18. The minimum atomic E-state index is 0.509. The molecule has 4 nitrogen and oxygen atoms in total. The van der Waals surface area contributed by atoms with E-state index in [0.29, 0.717) is 12.3 Å². The van der Waals surface area contributed by atoms with Crippen molar-refractivity contribution in [1.29, 1.82) is 0 Å². The van der Waals surface area contributed by atoms with Gasteiger partial charge in [0.25, 0.3) is 0 Å². The minimum Gasteiger partial charge on any atom is -0.235 e. The third-order valence-corrected chi connectivity index (χ3v) is 4.37. The lowest BCUT2D eigenvalue weighted by atomic mass is 10.1. The van der Waals surface area contributed by atoms with Gasteiger partial charge >= 0.3 is 0 Å². The molecule has 2 saturated heterocycles. The van der Waals surface area contributed by atoms with Crippen LogP contribution in [0.15, 0.2) is 60.7 Å². The molecule has 2 aliphatic rings. The Morgan fingerprint density at radius 1 is 0.636 bits per heavy atom. The molecule has 0 aromatic heterocycles. The number of hydrogen-bond donors (Lipinski definition) is 2. The summed E-state index contributed by atoms with van der Waals surface area (Å²) in [6.45, 7) is 2.13. The molecule has 2 aromatic carbocycles. The van der Waals surface area contributed by atoms with Crippen molar-refractivity contribution in [3.05, 3.63) is 71.8 Å². The second-order valence-corrected chi connectivity index (χ2v) is 6.06. The number of nitrogens with zero attached hydrogens (tertiary/aromatic N) is 2. The van der Waals surface area contributed by atoms with E-state index >= 15 is 0 Å². The maximum atomic E-state index is 3.44. The van der Waals surface area contributed by atoms with E-state index in [2.05, 4.69) is 81.5 Å². The van der Waals surface area contributed by atoms with Gasteiger partial charge in [0.2, 0.25) is 0 Å². The second kappa shape index (κ2) is 6.18. The van der Waals surface area contributed by atoms with Crippen molar-refractivity contribution in [2.24, 2.45) is 0 Å². The van der Waals surface area contributed by atoms with Crippen LogP contribution in [0, 0.1) is 0 Å². The van der Waals surface area contributed by atoms with Gasteiger partial charge in [0.1, 0.15) is 0 Å². The number of hydrazine groups is 2. The van der Waals surface area contributed by atoms with Gasteiger partial charge in [0.05, 0.1) is 12.3 Å². The van der Waals surface area contributed by atoms with Crippen LogP contribution in [0.25, 0.3) is 0 Å². The highest BCUT2D eigenvalue weighted by Gasteiger charge is 2.37. The molecule has 2 fully saturated rings. The molecule has 114 valence electrons. The quantitative estimate of drug-likeness (QED) is 0.764. The van der Waals surface area contributed by atoms with Crippen molar-refractivity contribution in [2.45, 2.75) is 25.2 Å². The highest BCUT2D eigenvalue weighted by molar-refractivity contribution is 5.17. The highest BCUT2D eigenvalue weighted by atomic mass is 15.8. The lowest BCUT2D eigenvalue weighted by molar-refractivity contribution is 0.387. The molecule has 0 amide bonds. The molecule has 22 heavy (non-hydrogen) atoms. The molecule has 0 spiro atoms. The van der Waals surface area contributed by atoms with Gasteiger partial charge in [-0.1, -0.05) is 60.7 Å². The molecule has 2 heterocycles. The summed E-state index contributed by atoms with van der Waals surface area (Å²) < 4.78 is 0. The molecular weight excluding hydrogens is 272 g/mol. The summed E-state index contributed by atoms with van der Waals surface area (Å²) >= 11 is 0. The van der Waals surface area contributed by atoms with Crippen LogP contribution in [0.1, 0.15) is 11.1 Å². The van der Waals surface area contributed by atoms with E-state index in [1.165, 1.54) is 11.1 Å². The van der Waals surface area contributed by atoms with E-state index < -0.39 is 0 Å². The zero-order valence-electron chi connectivity index (χ0n) is 12.7. The molecule has 4 atom stereocenters. The fraction of sp³-hybridized carbons (Fsp3) is 0.333. The van der Waals surface area contributed by atoms with Crippen LogP contribution in [0.4, 0.5) is 0 Å². The number of nitrogens with one attached hydrogen (secondary N) is 2. The van der Waals surface area contributed by atoms with Crippen molar-refractivity contribution in [2.75, 3.05) is 13.1 Å². The van der Waals surface area contributed by atoms with Crippen LogP contribution in [0.3, 0.4) is 0 Å². The van der Waals surface area contributed by atoms with Gasteiger partial charge in [-0.3, -0.25) is 0 Å². The van der Waals surface area contributed by atoms with Crippen LogP contribution in [0.5, 0.6) is 0 Å². The zero-order chi connectivity index (χ0) is 14.8. The summed E-state index contributed by atoms with van der Waals surface area (Å²) in [6, 6.07) is 21.3. The topological polar surface area (TPSA) is 49.9 Å². The fourth-order valence-corrected chi connectivity index (χ4v) is 2.96. The first-order valence-corrected chi connectivity index (χ1v) is 8.02. The maximum Gasteiger partial charge on any atom is 0.0904 e. The number of rotatable bonds is 7. The smallest absolute Gasteiger partial charge is 0.0904 e. The van der Waals surface area contributed by atoms with Crippen LogP contribution in [-0.4, -0.2) is 35.4 Å². The number of hydrogen-bond acceptors (Lipinski definition) is 4. The Labute approximate surface area is 131 Å². The summed E-state index contributed by atoms with van der Waals surface area (Å²) in [5.74, 6) is 0. The van der Waals surface area contributed by atoms with E-state index in [0.717, 1.165) is 25.9 Å². The number of benzene rings is 2. The van der Waals surface area contributed by atoms with Crippen LogP contribution < -0.4 is 10.9 Å². The average molecular weight is 294 g/mol. The molecule has 0 radical (unpaired) electrons. The monoisotopic (exact) mass is 294 g/mol. The van der Waals surface area contributed by atoms with Crippen molar-refractivity contribution < 1.29 is 0 Å². The SMILES string of the molecule is c1ccc(CC2NN2CCN2NC2Cc2ccccc2)cc1. The lowest BCUT2D eigenvalue weighted by Gasteiger charge is -2.03. The Morgan fingerprint density at radius 3 is 1.45 bits per heavy atom. The predicted molar refractivity (Wildman–Crippen MR) is 87.6 cm³/mol.